The Morgan fingerprint density at radius 3 is 2.65 bits per heavy atom. The van der Waals surface area contributed by atoms with Crippen molar-refractivity contribution in [3.8, 4) is 0 Å². The van der Waals surface area contributed by atoms with Crippen LogP contribution in [-0.2, 0) is 6.42 Å². The molecule has 0 aliphatic carbocycles. The predicted molar refractivity (Wildman–Crippen MR) is 85.4 cm³/mol. The summed E-state index contributed by atoms with van der Waals surface area (Å²) in [6.07, 6.45) is 2.31. The molecule has 3 nitrogen and oxygen atoms in total. The van der Waals surface area contributed by atoms with Crippen LogP contribution in [0.25, 0.3) is 0 Å². The van der Waals surface area contributed by atoms with E-state index in [0.29, 0.717) is 38.9 Å². The Bertz CT molecular complexity index is 656. The number of anilines is 2. The quantitative estimate of drug-likeness (QED) is 0.618. The van der Waals surface area contributed by atoms with Gasteiger partial charge in [-0.15, -0.1) is 6.58 Å². The number of hydrogen-bond donors (Lipinski definition) is 1. The molecule has 104 valence electrons. The first-order valence-corrected chi connectivity index (χ1v) is 7.00. The molecule has 2 aromatic rings. The topological polar surface area (TPSA) is 37.8 Å². The average Bonchev–Trinajstić information content (AvgIpc) is 2.37. The number of halogens is 3. The van der Waals surface area contributed by atoms with E-state index >= 15 is 0 Å². The molecule has 0 amide bonds. The summed E-state index contributed by atoms with van der Waals surface area (Å²) in [7, 11) is 0. The van der Waals surface area contributed by atoms with Crippen molar-refractivity contribution in [1.82, 2.24) is 9.97 Å². The van der Waals surface area contributed by atoms with Crippen LogP contribution in [0.3, 0.4) is 0 Å². The van der Waals surface area contributed by atoms with Gasteiger partial charge >= 0.3 is 0 Å². The summed E-state index contributed by atoms with van der Waals surface area (Å²) < 4.78 is 0. The van der Waals surface area contributed by atoms with Crippen molar-refractivity contribution in [2.24, 2.45) is 0 Å². The fraction of sp³-hybridized carbons (Fsp3) is 0.143. The number of aryl methyl sites for hydroxylation is 1. The molecule has 0 aliphatic rings. The molecule has 1 aromatic carbocycles. The van der Waals surface area contributed by atoms with Gasteiger partial charge in [0.25, 0.3) is 0 Å². The SMILES string of the molecule is C=CCc1c(Cl)nc(C)nc1Nc1ccc(Cl)cc1Cl. The van der Waals surface area contributed by atoms with Crippen molar-refractivity contribution in [3.05, 3.63) is 57.4 Å². The molecule has 2 rings (SSSR count). The molecule has 0 saturated heterocycles. The average molecular weight is 329 g/mol. The van der Waals surface area contributed by atoms with Gasteiger partial charge in [-0.05, 0) is 31.5 Å². The van der Waals surface area contributed by atoms with Crippen molar-refractivity contribution in [3.63, 3.8) is 0 Å². The molecule has 0 radical (unpaired) electrons. The molecule has 6 heteroatoms. The Hall–Kier alpha value is -1.29. The predicted octanol–water partition coefficient (Wildman–Crippen LogP) is 5.22. The van der Waals surface area contributed by atoms with E-state index in [1.54, 1.807) is 31.2 Å². The van der Waals surface area contributed by atoms with Gasteiger partial charge in [0.05, 0.1) is 10.7 Å². The first kappa shape index (κ1) is 15.1. The van der Waals surface area contributed by atoms with Gasteiger partial charge in [0, 0.05) is 10.6 Å². The van der Waals surface area contributed by atoms with E-state index in [0.717, 1.165) is 5.56 Å². The second-order valence-corrected chi connectivity index (χ2v) is 5.33. The maximum atomic E-state index is 6.15. The van der Waals surface area contributed by atoms with Crippen molar-refractivity contribution in [1.29, 1.82) is 0 Å². The zero-order valence-corrected chi connectivity index (χ0v) is 13.0. The molecule has 0 atom stereocenters. The first-order valence-electron chi connectivity index (χ1n) is 5.87. The molecule has 1 heterocycles. The van der Waals surface area contributed by atoms with Gasteiger partial charge in [-0.1, -0.05) is 40.9 Å². The maximum Gasteiger partial charge on any atom is 0.139 e. The van der Waals surface area contributed by atoms with Crippen molar-refractivity contribution >= 4 is 46.3 Å². The van der Waals surface area contributed by atoms with E-state index < -0.39 is 0 Å². The molecule has 1 N–H and O–H groups in total. The van der Waals surface area contributed by atoms with Crippen LogP contribution in [0.1, 0.15) is 11.4 Å². The Labute approximate surface area is 132 Å². The van der Waals surface area contributed by atoms with Crippen LogP contribution in [0.2, 0.25) is 15.2 Å². The molecule has 0 fully saturated rings. The maximum absolute atomic E-state index is 6.15. The summed E-state index contributed by atoms with van der Waals surface area (Å²) in [6, 6.07) is 5.20. The molecule has 0 saturated carbocycles. The number of nitrogens with one attached hydrogen (secondary N) is 1. The van der Waals surface area contributed by atoms with E-state index in [9.17, 15) is 0 Å². The second-order valence-electron chi connectivity index (χ2n) is 4.13. The minimum atomic E-state index is 0.407. The summed E-state index contributed by atoms with van der Waals surface area (Å²) >= 11 is 18.2. The van der Waals surface area contributed by atoms with Crippen LogP contribution in [0, 0.1) is 6.92 Å². The standard InChI is InChI=1S/C14H12Cl3N3/c1-3-4-10-13(17)18-8(2)19-14(10)20-12-6-5-9(15)7-11(12)16/h3,5-7H,1,4H2,2H3,(H,18,19,20). The summed E-state index contributed by atoms with van der Waals surface area (Å²) in [6.45, 7) is 5.49. The summed E-state index contributed by atoms with van der Waals surface area (Å²) in [5, 5.41) is 4.65. The summed E-state index contributed by atoms with van der Waals surface area (Å²) in [5.41, 5.74) is 1.48. The van der Waals surface area contributed by atoms with Gasteiger partial charge in [-0.2, -0.15) is 0 Å². The molecule has 0 aliphatic heterocycles. The molecular weight excluding hydrogens is 317 g/mol. The summed E-state index contributed by atoms with van der Waals surface area (Å²) in [4.78, 5) is 8.51. The summed E-state index contributed by atoms with van der Waals surface area (Å²) in [5.74, 6) is 1.20. The molecule has 20 heavy (non-hydrogen) atoms. The normalized spacial score (nSPS) is 10.4. The Kier molecular flexibility index (Phi) is 4.86. The third kappa shape index (κ3) is 3.42. The number of nitrogens with zero attached hydrogens (tertiary/aromatic N) is 2. The first-order chi connectivity index (χ1) is 9.51. The minimum absolute atomic E-state index is 0.407. The monoisotopic (exact) mass is 327 g/mol. The minimum Gasteiger partial charge on any atom is -0.339 e. The largest absolute Gasteiger partial charge is 0.339 e. The smallest absolute Gasteiger partial charge is 0.139 e. The number of benzene rings is 1. The van der Waals surface area contributed by atoms with Gasteiger partial charge < -0.3 is 5.32 Å². The highest BCUT2D eigenvalue weighted by atomic mass is 35.5. The second kappa shape index (κ2) is 6.44. The Morgan fingerprint density at radius 1 is 1.25 bits per heavy atom. The number of rotatable bonds is 4. The molecule has 0 unspecified atom stereocenters. The fourth-order valence-corrected chi connectivity index (χ4v) is 2.45. The van der Waals surface area contributed by atoms with Gasteiger partial charge in [-0.3, -0.25) is 0 Å². The lowest BCUT2D eigenvalue weighted by Crippen LogP contribution is -2.03. The van der Waals surface area contributed by atoms with Gasteiger partial charge in [-0.25, -0.2) is 9.97 Å². The number of allylic oxidation sites excluding steroid dienone is 1. The third-order valence-electron chi connectivity index (χ3n) is 2.60. The van der Waals surface area contributed by atoms with Crippen molar-refractivity contribution in [2.75, 3.05) is 5.32 Å². The lowest BCUT2D eigenvalue weighted by molar-refractivity contribution is 1.02. The van der Waals surface area contributed by atoms with E-state index in [-0.39, 0.29) is 0 Å². The highest BCUT2D eigenvalue weighted by molar-refractivity contribution is 6.36. The van der Waals surface area contributed by atoms with Gasteiger partial charge in [0.1, 0.15) is 16.8 Å². The van der Waals surface area contributed by atoms with Crippen molar-refractivity contribution < 1.29 is 0 Å². The van der Waals surface area contributed by atoms with E-state index in [2.05, 4.69) is 21.9 Å². The van der Waals surface area contributed by atoms with E-state index in [1.165, 1.54) is 0 Å². The third-order valence-corrected chi connectivity index (χ3v) is 3.46. The Balaban J connectivity index is 2.44. The lowest BCUT2D eigenvalue weighted by atomic mass is 10.2. The zero-order valence-electron chi connectivity index (χ0n) is 10.8. The van der Waals surface area contributed by atoms with Crippen LogP contribution in [0.5, 0.6) is 0 Å². The lowest BCUT2D eigenvalue weighted by Gasteiger charge is -2.13. The van der Waals surface area contributed by atoms with E-state index in [4.69, 9.17) is 34.8 Å². The highest BCUT2D eigenvalue weighted by Gasteiger charge is 2.12. The van der Waals surface area contributed by atoms with Gasteiger partial charge in [0.15, 0.2) is 0 Å². The van der Waals surface area contributed by atoms with Crippen molar-refractivity contribution in [2.45, 2.75) is 13.3 Å². The molecule has 0 bridgehead atoms. The molecular formula is C14H12Cl3N3. The van der Waals surface area contributed by atoms with Crippen LogP contribution in [-0.4, -0.2) is 9.97 Å². The highest BCUT2D eigenvalue weighted by Crippen LogP contribution is 2.30. The molecule has 1 aromatic heterocycles. The zero-order chi connectivity index (χ0) is 14.7. The van der Waals surface area contributed by atoms with Gasteiger partial charge in [0.2, 0.25) is 0 Å². The van der Waals surface area contributed by atoms with Crippen LogP contribution < -0.4 is 5.32 Å². The van der Waals surface area contributed by atoms with Crippen LogP contribution >= 0.6 is 34.8 Å². The fourth-order valence-electron chi connectivity index (χ4n) is 1.71. The van der Waals surface area contributed by atoms with E-state index in [1.807, 2.05) is 0 Å². The number of hydrogen-bond acceptors (Lipinski definition) is 3. The van der Waals surface area contributed by atoms with Crippen LogP contribution in [0.15, 0.2) is 30.9 Å². The van der Waals surface area contributed by atoms with Crippen LogP contribution in [0.4, 0.5) is 11.5 Å². The molecule has 0 spiro atoms. The Morgan fingerprint density at radius 2 is 2.00 bits per heavy atom. The number of aromatic nitrogens is 2.